The van der Waals surface area contributed by atoms with Crippen molar-refractivity contribution >= 4 is 34.5 Å². The van der Waals surface area contributed by atoms with Crippen LogP contribution in [0.15, 0.2) is 35.7 Å². The van der Waals surface area contributed by atoms with Crippen molar-refractivity contribution in [1.29, 1.82) is 0 Å². The molecule has 15 heavy (non-hydrogen) atoms. The Morgan fingerprint density at radius 2 is 1.73 bits per heavy atom. The van der Waals surface area contributed by atoms with E-state index in [1.165, 1.54) is 11.3 Å². The maximum Gasteiger partial charge on any atom is 0.116 e. The minimum absolute atomic E-state index is 0.489. The van der Waals surface area contributed by atoms with Gasteiger partial charge < -0.3 is 5.11 Å². The molecule has 2 aromatic rings. The van der Waals surface area contributed by atoms with Gasteiger partial charge >= 0.3 is 0 Å². The fourth-order valence-corrected chi connectivity index (χ4v) is 2.68. The monoisotopic (exact) mass is 258 g/mol. The van der Waals surface area contributed by atoms with Gasteiger partial charge in [-0.1, -0.05) is 35.3 Å². The molecular weight excluding hydrogens is 251 g/mol. The fourth-order valence-electron chi connectivity index (χ4n) is 1.36. The summed E-state index contributed by atoms with van der Waals surface area (Å²) in [5, 5.41) is 13.0. The van der Waals surface area contributed by atoms with Gasteiger partial charge in [-0.05, 0) is 23.6 Å². The molecule has 0 saturated heterocycles. The van der Waals surface area contributed by atoms with E-state index >= 15 is 0 Å². The molecule has 4 heteroatoms. The normalized spacial score (nSPS) is 12.7. The lowest BCUT2D eigenvalue weighted by atomic mass is 10.1. The van der Waals surface area contributed by atoms with Crippen LogP contribution in [-0.4, -0.2) is 5.11 Å². The lowest BCUT2D eigenvalue weighted by Gasteiger charge is -2.12. The van der Waals surface area contributed by atoms with E-state index in [1.807, 2.05) is 17.5 Å². The van der Waals surface area contributed by atoms with E-state index in [4.69, 9.17) is 23.2 Å². The molecule has 0 amide bonds. The maximum atomic E-state index is 10.1. The lowest BCUT2D eigenvalue weighted by molar-refractivity contribution is 0.224. The number of hydrogen-bond acceptors (Lipinski definition) is 2. The molecule has 1 aromatic heterocycles. The number of aliphatic hydroxyl groups is 1. The number of halogens is 2. The van der Waals surface area contributed by atoms with Crippen LogP contribution >= 0.6 is 34.5 Å². The van der Waals surface area contributed by atoms with Crippen molar-refractivity contribution in [1.82, 2.24) is 0 Å². The zero-order valence-electron chi connectivity index (χ0n) is 7.65. The van der Waals surface area contributed by atoms with Gasteiger partial charge in [-0.15, -0.1) is 11.3 Å². The number of hydrogen-bond donors (Lipinski definition) is 1. The van der Waals surface area contributed by atoms with Gasteiger partial charge in [0.15, 0.2) is 0 Å². The van der Waals surface area contributed by atoms with Crippen LogP contribution in [-0.2, 0) is 0 Å². The van der Waals surface area contributed by atoms with E-state index in [9.17, 15) is 5.11 Å². The van der Waals surface area contributed by atoms with Crippen molar-refractivity contribution in [2.75, 3.05) is 0 Å². The Bertz CT molecular complexity index is 433. The first kappa shape index (κ1) is 11.0. The molecule has 0 saturated carbocycles. The van der Waals surface area contributed by atoms with Crippen LogP contribution in [0.1, 0.15) is 16.5 Å². The standard InChI is InChI=1S/C11H8Cl2OS/c12-7-3-1-4-8(13)10(7)11(14)9-5-2-6-15-9/h1-6,11,14H. The van der Waals surface area contributed by atoms with Crippen LogP contribution in [0.2, 0.25) is 10.0 Å². The van der Waals surface area contributed by atoms with E-state index in [2.05, 4.69) is 0 Å². The fraction of sp³-hybridized carbons (Fsp3) is 0.0909. The molecule has 78 valence electrons. The maximum absolute atomic E-state index is 10.1. The first-order valence-corrected chi connectivity index (χ1v) is 5.99. The Hall–Kier alpha value is -0.540. The first-order valence-electron chi connectivity index (χ1n) is 4.35. The third kappa shape index (κ3) is 2.18. The largest absolute Gasteiger partial charge is 0.383 e. The minimum atomic E-state index is -0.744. The van der Waals surface area contributed by atoms with E-state index in [-0.39, 0.29) is 0 Å². The average Bonchev–Trinajstić information content (AvgIpc) is 2.69. The molecule has 1 N–H and O–H groups in total. The highest BCUT2D eigenvalue weighted by atomic mass is 35.5. The molecule has 1 nitrogen and oxygen atoms in total. The molecule has 1 unspecified atom stereocenters. The van der Waals surface area contributed by atoms with Crippen LogP contribution in [0.25, 0.3) is 0 Å². The van der Waals surface area contributed by atoms with E-state index in [0.29, 0.717) is 15.6 Å². The lowest BCUT2D eigenvalue weighted by Crippen LogP contribution is -1.98. The van der Waals surface area contributed by atoms with Crippen LogP contribution in [0.4, 0.5) is 0 Å². The molecule has 1 atom stereocenters. The second kappa shape index (κ2) is 4.54. The van der Waals surface area contributed by atoms with Crippen LogP contribution in [0, 0.1) is 0 Å². The molecule has 0 radical (unpaired) electrons. The van der Waals surface area contributed by atoms with Gasteiger partial charge in [0.2, 0.25) is 0 Å². The summed E-state index contributed by atoms with van der Waals surface area (Å²) in [7, 11) is 0. The molecule has 0 spiro atoms. The third-order valence-corrected chi connectivity index (χ3v) is 3.67. The van der Waals surface area contributed by atoms with Crippen molar-refractivity contribution in [3.8, 4) is 0 Å². The van der Waals surface area contributed by atoms with E-state index < -0.39 is 6.10 Å². The van der Waals surface area contributed by atoms with Crippen LogP contribution in [0.3, 0.4) is 0 Å². The highest BCUT2D eigenvalue weighted by Crippen LogP contribution is 2.35. The Morgan fingerprint density at radius 1 is 1.07 bits per heavy atom. The molecule has 0 aliphatic carbocycles. The Morgan fingerprint density at radius 3 is 2.27 bits per heavy atom. The third-order valence-electron chi connectivity index (χ3n) is 2.09. The zero-order valence-corrected chi connectivity index (χ0v) is 9.98. The SMILES string of the molecule is OC(c1cccs1)c1c(Cl)cccc1Cl. The minimum Gasteiger partial charge on any atom is -0.383 e. The molecule has 0 aliphatic rings. The summed E-state index contributed by atoms with van der Waals surface area (Å²) in [6.45, 7) is 0. The summed E-state index contributed by atoms with van der Waals surface area (Å²) in [4.78, 5) is 0.838. The molecule has 1 aromatic carbocycles. The first-order chi connectivity index (χ1) is 7.20. The van der Waals surface area contributed by atoms with Crippen molar-refractivity contribution in [2.45, 2.75) is 6.10 Å². The highest BCUT2D eigenvalue weighted by Gasteiger charge is 2.17. The Labute approximate surface area is 102 Å². The molecule has 0 fully saturated rings. The summed E-state index contributed by atoms with van der Waals surface area (Å²) in [5.74, 6) is 0. The summed E-state index contributed by atoms with van der Waals surface area (Å²) in [6, 6.07) is 8.94. The summed E-state index contributed by atoms with van der Waals surface area (Å²) in [6.07, 6.45) is -0.744. The van der Waals surface area contributed by atoms with Crippen molar-refractivity contribution < 1.29 is 5.11 Å². The van der Waals surface area contributed by atoms with Crippen LogP contribution < -0.4 is 0 Å². The predicted molar refractivity (Wildman–Crippen MR) is 64.8 cm³/mol. The van der Waals surface area contributed by atoms with Gasteiger partial charge in [-0.25, -0.2) is 0 Å². The van der Waals surface area contributed by atoms with Gasteiger partial charge in [0, 0.05) is 20.5 Å². The molecule has 2 rings (SSSR count). The number of thiophene rings is 1. The van der Waals surface area contributed by atoms with Crippen molar-refractivity contribution in [3.63, 3.8) is 0 Å². The number of benzene rings is 1. The van der Waals surface area contributed by atoms with Gasteiger partial charge in [0.25, 0.3) is 0 Å². The summed E-state index contributed by atoms with van der Waals surface area (Å²) < 4.78 is 0. The average molecular weight is 259 g/mol. The quantitative estimate of drug-likeness (QED) is 0.859. The zero-order chi connectivity index (χ0) is 10.8. The number of rotatable bonds is 2. The summed E-state index contributed by atoms with van der Waals surface area (Å²) >= 11 is 13.5. The number of aliphatic hydroxyl groups excluding tert-OH is 1. The smallest absolute Gasteiger partial charge is 0.116 e. The molecule has 1 heterocycles. The second-order valence-electron chi connectivity index (χ2n) is 3.05. The van der Waals surface area contributed by atoms with E-state index in [1.54, 1.807) is 18.2 Å². The topological polar surface area (TPSA) is 20.2 Å². The van der Waals surface area contributed by atoms with Gasteiger partial charge in [-0.3, -0.25) is 0 Å². The second-order valence-corrected chi connectivity index (χ2v) is 4.85. The highest BCUT2D eigenvalue weighted by molar-refractivity contribution is 7.10. The van der Waals surface area contributed by atoms with Gasteiger partial charge in [0.1, 0.15) is 6.10 Å². The van der Waals surface area contributed by atoms with Crippen LogP contribution in [0.5, 0.6) is 0 Å². The molecule has 0 bridgehead atoms. The summed E-state index contributed by atoms with van der Waals surface area (Å²) in [5.41, 5.74) is 0.572. The van der Waals surface area contributed by atoms with Gasteiger partial charge in [-0.2, -0.15) is 0 Å². The van der Waals surface area contributed by atoms with Crippen molar-refractivity contribution in [2.24, 2.45) is 0 Å². The Balaban J connectivity index is 2.46. The molecular formula is C11H8Cl2OS. The predicted octanol–water partition coefficient (Wildman–Crippen LogP) is 4.14. The van der Waals surface area contributed by atoms with Gasteiger partial charge in [0.05, 0.1) is 0 Å². The Kier molecular flexibility index (Phi) is 3.32. The van der Waals surface area contributed by atoms with E-state index in [0.717, 1.165) is 4.88 Å². The molecule has 0 aliphatic heterocycles. The van der Waals surface area contributed by atoms with Crippen molar-refractivity contribution in [3.05, 3.63) is 56.2 Å².